The van der Waals surface area contributed by atoms with Gasteiger partial charge in [0.2, 0.25) is 0 Å². The minimum atomic E-state index is -4.00. The average Bonchev–Trinajstić information content (AvgIpc) is 3.37. The summed E-state index contributed by atoms with van der Waals surface area (Å²) < 4.78 is 63.6. The van der Waals surface area contributed by atoms with Crippen molar-refractivity contribution < 1.29 is 31.5 Å². The summed E-state index contributed by atoms with van der Waals surface area (Å²) >= 11 is 5.88. The Hall–Kier alpha value is -3.17. The summed E-state index contributed by atoms with van der Waals surface area (Å²) in [5, 5.41) is 10.2. The van der Waals surface area contributed by atoms with Crippen LogP contribution in [0.4, 0.5) is 5.69 Å². The number of aryl methyl sites for hydroxylation is 1. The maximum atomic E-state index is 13.7. The first-order chi connectivity index (χ1) is 19.2. The Kier molecular flexibility index (Phi) is 8.99. The molecule has 1 amide bonds. The Morgan fingerprint density at radius 3 is 2.49 bits per heavy atom. The lowest BCUT2D eigenvalue weighted by Gasteiger charge is -2.38. The molecule has 12 nitrogen and oxygen atoms in total. The fourth-order valence-electron chi connectivity index (χ4n) is 4.37. The second kappa shape index (κ2) is 12.0. The fraction of sp³-hybridized carbons (Fsp3) is 0.385. The number of halogens is 1. The van der Waals surface area contributed by atoms with Gasteiger partial charge in [0.05, 0.1) is 36.0 Å². The summed E-state index contributed by atoms with van der Waals surface area (Å²) in [6.07, 6.45) is 2.10. The van der Waals surface area contributed by atoms with E-state index in [2.05, 4.69) is 9.71 Å². The van der Waals surface area contributed by atoms with Crippen LogP contribution >= 0.6 is 11.6 Å². The number of aliphatic hydroxyl groups is 1. The molecule has 15 heteroatoms. The molecule has 3 atom stereocenters. The number of hydrogen-bond donors (Lipinski definition) is 2. The number of nitrogens with one attached hydrogen (secondary N) is 1. The van der Waals surface area contributed by atoms with Gasteiger partial charge in [0.25, 0.3) is 26.0 Å². The van der Waals surface area contributed by atoms with Crippen LogP contribution in [-0.2, 0) is 27.1 Å². The summed E-state index contributed by atoms with van der Waals surface area (Å²) in [6.45, 7) is 3.31. The second-order valence-corrected chi connectivity index (χ2v) is 14.2. The van der Waals surface area contributed by atoms with Crippen molar-refractivity contribution in [3.63, 3.8) is 0 Å². The van der Waals surface area contributed by atoms with Crippen molar-refractivity contribution >= 4 is 43.2 Å². The zero-order valence-electron chi connectivity index (χ0n) is 22.9. The summed E-state index contributed by atoms with van der Waals surface area (Å²) in [4.78, 5) is 19.1. The van der Waals surface area contributed by atoms with Gasteiger partial charge in [-0.05, 0) is 49.4 Å². The highest BCUT2D eigenvalue weighted by Crippen LogP contribution is 2.32. The number of aliphatic hydroxyl groups excluding tert-OH is 1. The number of carbonyl (C=O) groups excluding carboxylic acids is 1. The van der Waals surface area contributed by atoms with Crippen LogP contribution in [0.2, 0.25) is 5.02 Å². The third-order valence-electron chi connectivity index (χ3n) is 6.83. The van der Waals surface area contributed by atoms with Crippen molar-refractivity contribution in [3.05, 3.63) is 65.6 Å². The van der Waals surface area contributed by atoms with Crippen LogP contribution in [0.1, 0.15) is 24.2 Å². The van der Waals surface area contributed by atoms with Crippen molar-refractivity contribution in [1.82, 2.24) is 18.8 Å². The normalized spacial score (nSPS) is 18.8. The Bertz CT molecular complexity index is 1630. The third-order valence-corrected chi connectivity index (χ3v) is 10.2. The highest BCUT2D eigenvalue weighted by molar-refractivity contribution is 7.92. The van der Waals surface area contributed by atoms with Gasteiger partial charge in [-0.2, -0.15) is 4.31 Å². The molecule has 41 heavy (non-hydrogen) atoms. The first-order valence-electron chi connectivity index (χ1n) is 12.7. The van der Waals surface area contributed by atoms with E-state index in [1.54, 1.807) is 14.0 Å². The molecule has 2 heterocycles. The molecule has 0 radical (unpaired) electrons. The monoisotopic (exact) mass is 625 g/mol. The number of sulfonamides is 2. The van der Waals surface area contributed by atoms with E-state index >= 15 is 0 Å². The Morgan fingerprint density at radius 1 is 1.20 bits per heavy atom. The molecule has 1 aromatic heterocycles. The van der Waals surface area contributed by atoms with Crippen molar-refractivity contribution in [2.45, 2.75) is 35.9 Å². The molecular formula is C26H32ClN5O7S2. The number of fused-ring (bicyclic) bond motifs is 1. The maximum absolute atomic E-state index is 13.7. The van der Waals surface area contributed by atoms with E-state index in [1.807, 2.05) is 6.92 Å². The summed E-state index contributed by atoms with van der Waals surface area (Å²) in [5.74, 6) is -0.654. The SMILES string of the molecule is C[C@@H]1CN([C@@H](C)CO)C(=O)c2cc(NS(=O)(=O)c3ccc(Cl)cc3)ccc2O[C@H]1CN(C)S(=O)(=O)c1cn(C)cn1. The lowest BCUT2D eigenvalue weighted by atomic mass is 9.99. The number of amides is 1. The zero-order valence-corrected chi connectivity index (χ0v) is 25.3. The number of rotatable bonds is 9. The summed E-state index contributed by atoms with van der Waals surface area (Å²) in [6, 6.07) is 9.34. The first kappa shape index (κ1) is 30.8. The predicted molar refractivity (Wildman–Crippen MR) is 153 cm³/mol. The number of benzene rings is 2. The lowest BCUT2D eigenvalue weighted by Crippen LogP contribution is -2.50. The molecule has 0 saturated carbocycles. The van der Waals surface area contributed by atoms with E-state index < -0.39 is 38.1 Å². The number of imidazole rings is 1. The van der Waals surface area contributed by atoms with Gasteiger partial charge in [0.15, 0.2) is 5.03 Å². The predicted octanol–water partition coefficient (Wildman–Crippen LogP) is 2.42. The smallest absolute Gasteiger partial charge is 0.261 e. The molecule has 0 spiro atoms. The molecule has 0 unspecified atom stereocenters. The quantitative estimate of drug-likeness (QED) is 0.368. The van der Waals surface area contributed by atoms with E-state index in [0.29, 0.717) is 5.02 Å². The van der Waals surface area contributed by atoms with Gasteiger partial charge < -0.3 is 19.3 Å². The molecule has 0 bridgehead atoms. The van der Waals surface area contributed by atoms with E-state index in [4.69, 9.17) is 16.3 Å². The molecular weight excluding hydrogens is 594 g/mol. The van der Waals surface area contributed by atoms with Gasteiger partial charge in [-0.3, -0.25) is 9.52 Å². The number of hydrogen-bond acceptors (Lipinski definition) is 8. The van der Waals surface area contributed by atoms with Gasteiger partial charge in [0.1, 0.15) is 11.9 Å². The zero-order chi connectivity index (χ0) is 30.1. The Balaban J connectivity index is 1.68. The highest BCUT2D eigenvalue weighted by atomic mass is 35.5. The molecule has 222 valence electrons. The van der Waals surface area contributed by atoms with E-state index in [0.717, 1.165) is 4.31 Å². The molecule has 2 N–H and O–H groups in total. The number of likely N-dealkylation sites (N-methyl/N-ethyl adjacent to an activating group) is 1. The van der Waals surface area contributed by atoms with Crippen molar-refractivity contribution in [2.24, 2.45) is 13.0 Å². The minimum absolute atomic E-state index is 0.0159. The summed E-state index contributed by atoms with van der Waals surface area (Å²) in [7, 11) is -4.83. The van der Waals surface area contributed by atoms with Crippen molar-refractivity contribution in [3.8, 4) is 5.75 Å². The van der Waals surface area contributed by atoms with Crippen molar-refractivity contribution in [1.29, 1.82) is 0 Å². The van der Waals surface area contributed by atoms with Crippen LogP contribution in [0, 0.1) is 5.92 Å². The van der Waals surface area contributed by atoms with Crippen LogP contribution in [-0.4, -0.2) is 85.5 Å². The standard InChI is InChI=1S/C26H32ClN5O7S2/c1-17-12-32(18(2)15-33)26(34)22-11-20(29-40(35,36)21-8-5-19(27)6-9-21)7-10-23(22)39-24(17)13-31(4)41(37,38)25-14-30(3)16-28-25/h5-11,14,16-18,24,29,33H,12-13,15H2,1-4H3/t17-,18+,24+/m1/s1. The van der Waals surface area contributed by atoms with Gasteiger partial charge in [-0.15, -0.1) is 0 Å². The lowest BCUT2D eigenvalue weighted by molar-refractivity contribution is 0.0387. The average molecular weight is 626 g/mol. The fourth-order valence-corrected chi connectivity index (χ4v) is 6.68. The van der Waals surface area contributed by atoms with Crippen LogP contribution < -0.4 is 9.46 Å². The molecule has 0 fully saturated rings. The molecule has 3 aromatic rings. The number of ether oxygens (including phenoxy) is 1. The van der Waals surface area contributed by atoms with Crippen LogP contribution in [0.3, 0.4) is 0 Å². The van der Waals surface area contributed by atoms with Gasteiger partial charge in [-0.25, -0.2) is 21.8 Å². The number of nitrogens with zero attached hydrogens (tertiary/aromatic N) is 4. The third kappa shape index (κ3) is 6.67. The summed E-state index contributed by atoms with van der Waals surface area (Å²) in [5.41, 5.74) is 0.181. The van der Waals surface area contributed by atoms with E-state index in [-0.39, 0.29) is 52.5 Å². The first-order valence-corrected chi connectivity index (χ1v) is 16.0. The van der Waals surface area contributed by atoms with Gasteiger partial charge in [-0.1, -0.05) is 18.5 Å². The van der Waals surface area contributed by atoms with Crippen molar-refractivity contribution in [2.75, 3.05) is 31.5 Å². The highest BCUT2D eigenvalue weighted by Gasteiger charge is 2.36. The number of anilines is 1. The topological polar surface area (TPSA) is 151 Å². The number of aromatic nitrogens is 2. The largest absolute Gasteiger partial charge is 0.488 e. The maximum Gasteiger partial charge on any atom is 0.261 e. The second-order valence-electron chi connectivity index (χ2n) is 10.1. The molecule has 0 aliphatic carbocycles. The number of carbonyl (C=O) groups is 1. The molecule has 1 aliphatic heterocycles. The molecule has 0 saturated heterocycles. The Labute approximate surface area is 244 Å². The van der Waals surface area contributed by atoms with Gasteiger partial charge in [0, 0.05) is 43.5 Å². The van der Waals surface area contributed by atoms with Gasteiger partial charge >= 0.3 is 0 Å². The Morgan fingerprint density at radius 2 is 1.88 bits per heavy atom. The molecule has 1 aliphatic rings. The molecule has 4 rings (SSSR count). The van der Waals surface area contributed by atoms with Crippen LogP contribution in [0.25, 0.3) is 0 Å². The van der Waals surface area contributed by atoms with E-state index in [9.17, 15) is 26.7 Å². The van der Waals surface area contributed by atoms with Crippen LogP contribution in [0.15, 0.2) is 64.9 Å². The van der Waals surface area contributed by atoms with Crippen LogP contribution in [0.5, 0.6) is 5.75 Å². The minimum Gasteiger partial charge on any atom is -0.488 e. The van der Waals surface area contributed by atoms with E-state index in [1.165, 1.54) is 71.5 Å². The molecule has 2 aromatic carbocycles.